The Labute approximate surface area is 103 Å². The number of hydrogen-bond donors (Lipinski definition) is 1. The number of rotatable bonds is 2. The predicted octanol–water partition coefficient (Wildman–Crippen LogP) is 1.77. The first-order valence-electron chi connectivity index (χ1n) is 6.10. The Morgan fingerprint density at radius 2 is 2.00 bits per heavy atom. The largest absolute Gasteiger partial charge is 0.338 e. The van der Waals surface area contributed by atoms with Crippen LogP contribution in [0.5, 0.6) is 0 Å². The number of hydrogen-bond acceptors (Lipinski definition) is 2. The van der Waals surface area contributed by atoms with E-state index >= 15 is 0 Å². The Hall–Kier alpha value is -1.35. The van der Waals surface area contributed by atoms with Gasteiger partial charge in [0.25, 0.3) is 0 Å². The standard InChI is InChI=1S/C14H20N2O/c1-14(2)12(15)8-9-16(13(14)17)10-11-6-4-3-5-7-11/h3-7,12H,8-10,15H2,1-2H3. The van der Waals surface area contributed by atoms with Gasteiger partial charge in [0.15, 0.2) is 0 Å². The molecule has 1 aliphatic rings. The molecule has 1 aromatic rings. The number of nitrogens with two attached hydrogens (primary N) is 1. The van der Waals surface area contributed by atoms with Crippen LogP contribution >= 0.6 is 0 Å². The number of benzene rings is 1. The Morgan fingerprint density at radius 3 is 2.65 bits per heavy atom. The minimum absolute atomic E-state index is 0.0259. The van der Waals surface area contributed by atoms with Crippen LogP contribution in [0.2, 0.25) is 0 Å². The van der Waals surface area contributed by atoms with Crippen LogP contribution in [0.3, 0.4) is 0 Å². The second-order valence-corrected chi connectivity index (χ2v) is 5.33. The fourth-order valence-electron chi connectivity index (χ4n) is 2.28. The van der Waals surface area contributed by atoms with Crippen molar-refractivity contribution in [2.24, 2.45) is 11.1 Å². The van der Waals surface area contributed by atoms with Crippen molar-refractivity contribution < 1.29 is 4.79 Å². The van der Waals surface area contributed by atoms with Gasteiger partial charge in [0.2, 0.25) is 5.91 Å². The molecule has 0 bridgehead atoms. The number of carbonyl (C=O) groups is 1. The summed E-state index contributed by atoms with van der Waals surface area (Å²) in [5.41, 5.74) is 6.75. The zero-order valence-electron chi connectivity index (χ0n) is 10.5. The van der Waals surface area contributed by atoms with E-state index in [9.17, 15) is 4.79 Å². The highest BCUT2D eigenvalue weighted by molar-refractivity contribution is 5.83. The summed E-state index contributed by atoms with van der Waals surface area (Å²) in [4.78, 5) is 14.2. The summed E-state index contributed by atoms with van der Waals surface area (Å²) in [5.74, 6) is 0.167. The molecule has 92 valence electrons. The SMILES string of the molecule is CC1(C)C(=O)N(Cc2ccccc2)CCC1N. The maximum absolute atomic E-state index is 12.3. The number of likely N-dealkylation sites (tertiary alicyclic amines) is 1. The predicted molar refractivity (Wildman–Crippen MR) is 68.2 cm³/mol. The van der Waals surface area contributed by atoms with E-state index in [0.717, 1.165) is 13.0 Å². The van der Waals surface area contributed by atoms with Gasteiger partial charge in [-0.05, 0) is 25.8 Å². The lowest BCUT2D eigenvalue weighted by Gasteiger charge is -2.41. The highest BCUT2D eigenvalue weighted by Crippen LogP contribution is 2.30. The van der Waals surface area contributed by atoms with Gasteiger partial charge in [-0.2, -0.15) is 0 Å². The summed E-state index contributed by atoms with van der Waals surface area (Å²) in [6.07, 6.45) is 0.881. The lowest BCUT2D eigenvalue weighted by molar-refractivity contribution is -0.146. The number of carbonyl (C=O) groups excluding carboxylic acids is 1. The van der Waals surface area contributed by atoms with Crippen molar-refractivity contribution in [1.29, 1.82) is 0 Å². The Balaban J connectivity index is 2.11. The highest BCUT2D eigenvalue weighted by atomic mass is 16.2. The zero-order valence-corrected chi connectivity index (χ0v) is 10.5. The molecule has 3 nitrogen and oxygen atoms in total. The highest BCUT2D eigenvalue weighted by Gasteiger charge is 2.41. The second kappa shape index (κ2) is 4.49. The van der Waals surface area contributed by atoms with Gasteiger partial charge >= 0.3 is 0 Å². The van der Waals surface area contributed by atoms with Crippen LogP contribution in [-0.4, -0.2) is 23.4 Å². The third-order valence-corrected chi connectivity index (χ3v) is 3.69. The molecule has 0 aromatic heterocycles. The number of amides is 1. The van der Waals surface area contributed by atoms with E-state index in [-0.39, 0.29) is 11.9 Å². The molecule has 1 aliphatic heterocycles. The van der Waals surface area contributed by atoms with Gasteiger partial charge in [-0.3, -0.25) is 4.79 Å². The summed E-state index contributed by atoms with van der Waals surface area (Å²) in [7, 11) is 0. The minimum Gasteiger partial charge on any atom is -0.338 e. The molecular formula is C14H20N2O. The molecule has 0 aliphatic carbocycles. The zero-order chi connectivity index (χ0) is 12.5. The Kier molecular flexibility index (Phi) is 3.20. The monoisotopic (exact) mass is 232 g/mol. The summed E-state index contributed by atoms with van der Waals surface area (Å²) >= 11 is 0. The van der Waals surface area contributed by atoms with E-state index in [1.165, 1.54) is 5.56 Å². The maximum Gasteiger partial charge on any atom is 0.230 e. The number of nitrogens with zero attached hydrogens (tertiary/aromatic N) is 1. The van der Waals surface area contributed by atoms with Gasteiger partial charge in [0.05, 0.1) is 5.41 Å². The van der Waals surface area contributed by atoms with Crippen molar-refractivity contribution in [3.8, 4) is 0 Å². The molecule has 1 saturated heterocycles. The van der Waals surface area contributed by atoms with Crippen LogP contribution in [0.1, 0.15) is 25.8 Å². The number of piperidine rings is 1. The van der Waals surface area contributed by atoms with E-state index < -0.39 is 5.41 Å². The van der Waals surface area contributed by atoms with Crippen molar-refractivity contribution >= 4 is 5.91 Å². The molecule has 0 saturated carbocycles. The molecule has 3 heteroatoms. The lowest BCUT2D eigenvalue weighted by Crippen LogP contribution is -2.56. The van der Waals surface area contributed by atoms with Gasteiger partial charge in [-0.1, -0.05) is 30.3 Å². The maximum atomic E-state index is 12.3. The fourth-order valence-corrected chi connectivity index (χ4v) is 2.28. The summed E-state index contributed by atoms with van der Waals surface area (Å²) in [6, 6.07) is 10.1. The van der Waals surface area contributed by atoms with Crippen LogP contribution in [0.25, 0.3) is 0 Å². The quantitative estimate of drug-likeness (QED) is 0.844. The summed E-state index contributed by atoms with van der Waals surface area (Å²) < 4.78 is 0. The van der Waals surface area contributed by atoms with E-state index in [4.69, 9.17) is 5.73 Å². The smallest absolute Gasteiger partial charge is 0.230 e. The van der Waals surface area contributed by atoms with Gasteiger partial charge < -0.3 is 10.6 Å². The molecule has 1 heterocycles. The molecule has 1 aromatic carbocycles. The molecule has 1 atom stereocenters. The first kappa shape index (κ1) is 12.1. The van der Waals surface area contributed by atoms with Crippen molar-refractivity contribution in [3.63, 3.8) is 0 Å². The Morgan fingerprint density at radius 1 is 1.35 bits per heavy atom. The van der Waals surface area contributed by atoms with Crippen LogP contribution in [0.15, 0.2) is 30.3 Å². The summed E-state index contributed by atoms with van der Waals surface area (Å²) in [5, 5.41) is 0. The third-order valence-electron chi connectivity index (χ3n) is 3.69. The fraction of sp³-hybridized carbons (Fsp3) is 0.500. The first-order chi connectivity index (χ1) is 8.01. The van der Waals surface area contributed by atoms with Gasteiger partial charge in [-0.15, -0.1) is 0 Å². The van der Waals surface area contributed by atoms with Crippen molar-refractivity contribution in [2.75, 3.05) is 6.54 Å². The molecular weight excluding hydrogens is 212 g/mol. The van der Waals surface area contributed by atoms with Crippen molar-refractivity contribution in [2.45, 2.75) is 32.9 Å². The Bertz CT molecular complexity index is 400. The van der Waals surface area contributed by atoms with Crippen molar-refractivity contribution in [3.05, 3.63) is 35.9 Å². The molecule has 1 unspecified atom stereocenters. The minimum atomic E-state index is -0.437. The third kappa shape index (κ3) is 2.34. The first-order valence-corrected chi connectivity index (χ1v) is 6.10. The molecule has 2 N–H and O–H groups in total. The molecule has 0 spiro atoms. The normalized spacial score (nSPS) is 23.8. The second-order valence-electron chi connectivity index (χ2n) is 5.33. The lowest BCUT2D eigenvalue weighted by atomic mass is 9.78. The van der Waals surface area contributed by atoms with Crippen LogP contribution in [-0.2, 0) is 11.3 Å². The van der Waals surface area contributed by atoms with E-state index in [1.54, 1.807) is 0 Å². The molecule has 0 radical (unpaired) electrons. The molecule has 2 rings (SSSR count). The average molecular weight is 232 g/mol. The van der Waals surface area contributed by atoms with Gasteiger partial charge in [0.1, 0.15) is 0 Å². The van der Waals surface area contributed by atoms with Crippen LogP contribution in [0, 0.1) is 5.41 Å². The van der Waals surface area contributed by atoms with E-state index in [1.807, 2.05) is 36.9 Å². The molecule has 1 fully saturated rings. The topological polar surface area (TPSA) is 46.3 Å². The van der Waals surface area contributed by atoms with Crippen LogP contribution < -0.4 is 5.73 Å². The van der Waals surface area contributed by atoms with Gasteiger partial charge in [-0.25, -0.2) is 0 Å². The van der Waals surface area contributed by atoms with Crippen LogP contribution in [0.4, 0.5) is 0 Å². The molecule has 1 amide bonds. The summed E-state index contributed by atoms with van der Waals surface area (Å²) in [6.45, 7) is 5.34. The van der Waals surface area contributed by atoms with Gasteiger partial charge in [0, 0.05) is 19.1 Å². The van der Waals surface area contributed by atoms with E-state index in [0.29, 0.717) is 6.54 Å². The average Bonchev–Trinajstić information content (AvgIpc) is 2.32. The van der Waals surface area contributed by atoms with Crippen molar-refractivity contribution in [1.82, 2.24) is 4.90 Å². The van der Waals surface area contributed by atoms with E-state index in [2.05, 4.69) is 12.1 Å². The molecule has 17 heavy (non-hydrogen) atoms.